The van der Waals surface area contributed by atoms with E-state index < -0.39 is 27.2 Å². The summed E-state index contributed by atoms with van der Waals surface area (Å²) < 4.78 is 52.0. The van der Waals surface area contributed by atoms with Gasteiger partial charge >= 0.3 is 11.5 Å². The number of benzene rings is 3. The van der Waals surface area contributed by atoms with Crippen molar-refractivity contribution >= 4 is 21.1 Å². The van der Waals surface area contributed by atoms with E-state index in [9.17, 15) is 22.8 Å². The van der Waals surface area contributed by atoms with E-state index in [1.54, 1.807) is 12.1 Å². The number of hydrogen-bond acceptors (Lipinski definition) is 4. The Kier molecular flexibility index (Phi) is 7.04. The molecule has 0 radical (unpaired) electrons. The molecule has 206 valence electrons. The second-order valence-electron chi connectivity index (χ2n) is 10.7. The van der Waals surface area contributed by atoms with Crippen LogP contribution >= 0.6 is 10.0 Å². The van der Waals surface area contributed by atoms with Crippen LogP contribution in [0.1, 0.15) is 58.8 Å². The van der Waals surface area contributed by atoms with Gasteiger partial charge in [0, 0.05) is 29.1 Å². The Bertz CT molecular complexity index is 1420. The Morgan fingerprint density at radius 2 is 1.82 bits per heavy atom. The summed E-state index contributed by atoms with van der Waals surface area (Å²) in [7, 11) is -0.468. The molecule has 0 saturated carbocycles. The highest BCUT2D eigenvalue weighted by Crippen LogP contribution is 2.65. The highest BCUT2D eigenvalue weighted by molar-refractivity contribution is 8.45. The highest BCUT2D eigenvalue weighted by Gasteiger charge is 2.54. The van der Waals surface area contributed by atoms with E-state index in [1.807, 2.05) is 42.7 Å². The van der Waals surface area contributed by atoms with Gasteiger partial charge in [-0.3, -0.25) is 4.79 Å². The molecule has 4 nitrogen and oxygen atoms in total. The molecule has 3 atom stereocenters. The van der Waals surface area contributed by atoms with Gasteiger partial charge in [-0.05, 0) is 77.9 Å². The van der Waals surface area contributed by atoms with Crippen molar-refractivity contribution in [1.29, 1.82) is 0 Å². The van der Waals surface area contributed by atoms with Crippen molar-refractivity contribution in [1.82, 2.24) is 0 Å². The summed E-state index contributed by atoms with van der Waals surface area (Å²) in [5, 5.41) is -0.376. The maximum Gasteiger partial charge on any atom is 0.416 e. The number of ketones is 1. The Morgan fingerprint density at radius 1 is 1.08 bits per heavy atom. The van der Waals surface area contributed by atoms with E-state index in [4.69, 9.17) is 9.47 Å². The van der Waals surface area contributed by atoms with Crippen LogP contribution in [0.4, 0.5) is 18.0 Å². The van der Waals surface area contributed by atoms with Crippen molar-refractivity contribution in [2.45, 2.75) is 49.4 Å². The van der Waals surface area contributed by atoms with E-state index in [0.29, 0.717) is 29.0 Å². The standard InChI is InChI=1S/C31H31F3O4S/c1-30-14-7-15-39(3,29(36)37-2)28(30)19-26(35)24-12-11-23(18-25(24)30)38-27-13-10-22(31(32,33)34)17-21(27)16-20-8-5-4-6-9-20/h4-6,8-13,17-18,28H,7,14-16,19H2,1-3H3. The molecule has 8 heteroatoms. The molecule has 1 fully saturated rings. The van der Waals surface area contributed by atoms with Crippen molar-refractivity contribution in [3.63, 3.8) is 0 Å². The van der Waals surface area contributed by atoms with Crippen molar-refractivity contribution in [3.8, 4) is 11.5 Å². The molecule has 5 rings (SSSR count). The van der Waals surface area contributed by atoms with Gasteiger partial charge in [0.2, 0.25) is 0 Å². The predicted octanol–water partition coefficient (Wildman–Crippen LogP) is 8.30. The van der Waals surface area contributed by atoms with Crippen molar-refractivity contribution in [3.05, 3.63) is 94.5 Å². The monoisotopic (exact) mass is 556 g/mol. The van der Waals surface area contributed by atoms with Crippen LogP contribution in [0.25, 0.3) is 0 Å². The summed E-state index contributed by atoms with van der Waals surface area (Å²) in [5.74, 6) is 1.48. The lowest BCUT2D eigenvalue weighted by Gasteiger charge is -2.55. The molecule has 0 bridgehead atoms. The molecule has 1 aliphatic carbocycles. The molecule has 2 aliphatic rings. The molecule has 0 amide bonds. The number of Topliss-reactive ketones (excluding diaryl/α,β-unsaturated/α-hetero) is 1. The Morgan fingerprint density at radius 3 is 2.51 bits per heavy atom. The van der Waals surface area contributed by atoms with Crippen LogP contribution < -0.4 is 4.74 Å². The second kappa shape index (κ2) is 10.0. The number of halogens is 3. The molecule has 0 aromatic heterocycles. The first-order valence-electron chi connectivity index (χ1n) is 12.9. The molecule has 1 saturated heterocycles. The first-order valence-corrected chi connectivity index (χ1v) is 15.2. The molecule has 1 aliphatic heterocycles. The first-order chi connectivity index (χ1) is 18.5. The lowest BCUT2D eigenvalue weighted by atomic mass is 9.68. The van der Waals surface area contributed by atoms with Crippen LogP contribution in [0.5, 0.6) is 11.5 Å². The Balaban J connectivity index is 1.54. The van der Waals surface area contributed by atoms with E-state index in [-0.39, 0.29) is 22.8 Å². The average Bonchev–Trinajstić information content (AvgIpc) is 2.90. The van der Waals surface area contributed by atoms with Crippen LogP contribution in [0.2, 0.25) is 0 Å². The number of carbonyl (C=O) groups excluding carboxylic acids is 2. The fourth-order valence-corrected chi connectivity index (χ4v) is 9.96. The van der Waals surface area contributed by atoms with Gasteiger partial charge in [0.25, 0.3) is 0 Å². The number of ether oxygens (including phenoxy) is 2. The van der Waals surface area contributed by atoms with Crippen molar-refractivity contribution in [2.24, 2.45) is 0 Å². The molecular formula is C31H31F3O4S. The number of hydrogen-bond donors (Lipinski definition) is 0. The summed E-state index contributed by atoms with van der Waals surface area (Å²) in [6.45, 7) is 2.11. The van der Waals surface area contributed by atoms with E-state index in [2.05, 4.69) is 6.92 Å². The molecule has 3 unspecified atom stereocenters. The summed E-state index contributed by atoms with van der Waals surface area (Å²) in [4.78, 5) is 26.2. The summed E-state index contributed by atoms with van der Waals surface area (Å²) in [6.07, 6.45) is -0.283. The van der Waals surface area contributed by atoms with Crippen LogP contribution in [0.3, 0.4) is 0 Å². The maximum absolute atomic E-state index is 13.5. The summed E-state index contributed by atoms with van der Waals surface area (Å²) in [5.41, 5.74) is 1.56. The zero-order valence-electron chi connectivity index (χ0n) is 22.1. The van der Waals surface area contributed by atoms with Crippen LogP contribution in [0.15, 0.2) is 66.7 Å². The normalized spacial score (nSPS) is 26.1. The zero-order valence-corrected chi connectivity index (χ0v) is 23.0. The Hall–Kier alpha value is -3.26. The zero-order chi connectivity index (χ0) is 28.0. The Labute approximate surface area is 227 Å². The minimum absolute atomic E-state index is 0.0113. The third-order valence-electron chi connectivity index (χ3n) is 8.28. The maximum atomic E-state index is 13.5. The third kappa shape index (κ3) is 4.95. The molecule has 39 heavy (non-hydrogen) atoms. The van der Waals surface area contributed by atoms with Gasteiger partial charge in [0.1, 0.15) is 11.5 Å². The number of carbonyl (C=O) groups is 2. The molecular weight excluding hydrogens is 525 g/mol. The van der Waals surface area contributed by atoms with E-state index in [0.717, 1.165) is 41.9 Å². The van der Waals surface area contributed by atoms with Gasteiger partial charge in [0.05, 0.1) is 12.7 Å². The third-order valence-corrected chi connectivity index (χ3v) is 12.3. The van der Waals surface area contributed by atoms with E-state index in [1.165, 1.54) is 13.2 Å². The number of fused-ring (bicyclic) bond motifs is 3. The lowest BCUT2D eigenvalue weighted by molar-refractivity contribution is -0.137. The van der Waals surface area contributed by atoms with Gasteiger partial charge < -0.3 is 9.47 Å². The topological polar surface area (TPSA) is 52.6 Å². The molecule has 1 heterocycles. The number of alkyl halides is 3. The average molecular weight is 557 g/mol. The molecule has 3 aromatic rings. The molecule has 0 spiro atoms. The largest absolute Gasteiger partial charge is 0.462 e. The van der Waals surface area contributed by atoms with Gasteiger partial charge in [-0.1, -0.05) is 37.3 Å². The SMILES string of the molecule is COC(=O)S1(C)CCCC2(C)c3cc(Oc4ccc(C(F)(F)F)cc4Cc4ccccc4)ccc3C(=O)CC21. The second-order valence-corrected chi connectivity index (χ2v) is 14.4. The van der Waals surface area contributed by atoms with Crippen LogP contribution in [-0.4, -0.2) is 35.5 Å². The smallest absolute Gasteiger partial charge is 0.416 e. The lowest BCUT2D eigenvalue weighted by Crippen LogP contribution is -2.51. The van der Waals surface area contributed by atoms with Gasteiger partial charge in [-0.2, -0.15) is 13.2 Å². The van der Waals surface area contributed by atoms with Crippen molar-refractivity contribution < 1.29 is 32.2 Å². The fourth-order valence-electron chi connectivity index (χ4n) is 6.24. The van der Waals surface area contributed by atoms with Gasteiger partial charge in [-0.25, -0.2) is 4.79 Å². The van der Waals surface area contributed by atoms with Crippen molar-refractivity contribution in [2.75, 3.05) is 19.1 Å². The van der Waals surface area contributed by atoms with Crippen LogP contribution in [0, 0.1) is 0 Å². The minimum atomic E-state index is -4.48. The summed E-state index contributed by atoms with van der Waals surface area (Å²) in [6, 6.07) is 18.1. The van der Waals surface area contributed by atoms with Gasteiger partial charge in [0.15, 0.2) is 5.78 Å². The molecule has 0 N–H and O–H groups in total. The molecule has 3 aromatic carbocycles. The summed E-state index contributed by atoms with van der Waals surface area (Å²) >= 11 is 0. The first kappa shape index (κ1) is 27.3. The van der Waals surface area contributed by atoms with Gasteiger partial charge in [-0.15, -0.1) is 10.0 Å². The quantitative estimate of drug-likeness (QED) is 0.303. The predicted molar refractivity (Wildman–Crippen MR) is 147 cm³/mol. The fraction of sp³-hybridized carbons (Fsp3) is 0.355. The van der Waals surface area contributed by atoms with E-state index >= 15 is 0 Å². The number of methoxy groups -OCH3 is 1. The number of rotatable bonds is 4. The van der Waals surface area contributed by atoms with Crippen LogP contribution in [-0.2, 0) is 22.7 Å². The highest BCUT2D eigenvalue weighted by atomic mass is 32.3. The minimum Gasteiger partial charge on any atom is -0.462 e.